The summed E-state index contributed by atoms with van der Waals surface area (Å²) in [6.07, 6.45) is 2.67. The van der Waals surface area contributed by atoms with Crippen molar-refractivity contribution >= 4 is 15.9 Å². The number of hydrogen-bond acceptors (Lipinski definition) is 2. The highest BCUT2D eigenvalue weighted by atomic mass is 79.9. The molecule has 1 saturated heterocycles. The second-order valence-electron chi connectivity index (χ2n) is 5.72. The zero-order valence-corrected chi connectivity index (χ0v) is 13.0. The summed E-state index contributed by atoms with van der Waals surface area (Å²) in [6, 6.07) is 8.81. The Morgan fingerprint density at radius 1 is 1.50 bits per heavy atom. The van der Waals surface area contributed by atoms with E-state index in [1.807, 2.05) is 0 Å². The summed E-state index contributed by atoms with van der Waals surface area (Å²) >= 11 is 3.51. The minimum absolute atomic E-state index is 0.0609. The van der Waals surface area contributed by atoms with Gasteiger partial charge in [0.25, 0.3) is 0 Å². The summed E-state index contributed by atoms with van der Waals surface area (Å²) in [6.45, 7) is 7.47. The summed E-state index contributed by atoms with van der Waals surface area (Å²) in [5.41, 5.74) is 1.37. The van der Waals surface area contributed by atoms with E-state index in [9.17, 15) is 0 Å². The van der Waals surface area contributed by atoms with E-state index in [1.165, 1.54) is 5.56 Å². The second kappa shape index (κ2) is 5.72. The summed E-state index contributed by atoms with van der Waals surface area (Å²) in [5, 5.41) is 3.56. The van der Waals surface area contributed by atoms with Crippen molar-refractivity contribution in [2.75, 3.05) is 6.54 Å². The number of benzene rings is 1. The third kappa shape index (κ3) is 3.81. The molecule has 1 aliphatic rings. The largest absolute Gasteiger partial charge is 0.371 e. The molecule has 100 valence electrons. The molecule has 1 fully saturated rings. The lowest BCUT2D eigenvalue weighted by molar-refractivity contribution is -0.0150. The molecule has 1 aromatic carbocycles. The molecule has 1 aromatic rings. The Balaban J connectivity index is 1.84. The van der Waals surface area contributed by atoms with Crippen LogP contribution < -0.4 is 5.32 Å². The van der Waals surface area contributed by atoms with Crippen molar-refractivity contribution in [1.82, 2.24) is 5.32 Å². The minimum Gasteiger partial charge on any atom is -0.371 e. The number of hydrogen-bond donors (Lipinski definition) is 1. The third-order valence-electron chi connectivity index (χ3n) is 3.55. The van der Waals surface area contributed by atoms with Gasteiger partial charge in [0.05, 0.1) is 11.7 Å². The van der Waals surface area contributed by atoms with Gasteiger partial charge in [-0.3, -0.25) is 0 Å². The van der Waals surface area contributed by atoms with Gasteiger partial charge < -0.3 is 10.1 Å². The van der Waals surface area contributed by atoms with Crippen LogP contribution in [-0.4, -0.2) is 18.2 Å². The van der Waals surface area contributed by atoms with Gasteiger partial charge >= 0.3 is 0 Å². The van der Waals surface area contributed by atoms with Gasteiger partial charge in [-0.05, 0) is 51.3 Å². The van der Waals surface area contributed by atoms with E-state index in [-0.39, 0.29) is 5.60 Å². The van der Waals surface area contributed by atoms with Gasteiger partial charge in [-0.2, -0.15) is 0 Å². The van der Waals surface area contributed by atoms with Crippen LogP contribution in [0, 0.1) is 0 Å². The summed E-state index contributed by atoms with van der Waals surface area (Å²) in [4.78, 5) is 0. The average molecular weight is 312 g/mol. The molecule has 0 aliphatic carbocycles. The molecule has 0 bridgehead atoms. The second-order valence-corrected chi connectivity index (χ2v) is 6.64. The highest BCUT2D eigenvalue weighted by Gasteiger charge is 2.31. The predicted molar refractivity (Wildman–Crippen MR) is 78.7 cm³/mol. The zero-order chi connectivity index (χ0) is 13.2. The molecule has 2 nitrogen and oxygen atoms in total. The van der Waals surface area contributed by atoms with Crippen molar-refractivity contribution in [2.24, 2.45) is 0 Å². The lowest BCUT2D eigenvalue weighted by atomic mass is 10.1. The van der Waals surface area contributed by atoms with Crippen LogP contribution in [0.1, 0.15) is 45.2 Å². The first kappa shape index (κ1) is 14.0. The minimum atomic E-state index is 0.0609. The molecule has 0 saturated carbocycles. The van der Waals surface area contributed by atoms with Crippen molar-refractivity contribution in [3.8, 4) is 0 Å². The molecule has 1 heterocycles. The van der Waals surface area contributed by atoms with Gasteiger partial charge in [0.2, 0.25) is 0 Å². The predicted octanol–water partition coefficient (Wildman–Crippen LogP) is 4.06. The number of halogens is 1. The van der Waals surface area contributed by atoms with Crippen LogP contribution >= 0.6 is 15.9 Å². The highest BCUT2D eigenvalue weighted by Crippen LogP contribution is 2.29. The van der Waals surface area contributed by atoms with Crippen molar-refractivity contribution in [2.45, 2.75) is 51.4 Å². The first-order chi connectivity index (χ1) is 8.46. The molecule has 18 heavy (non-hydrogen) atoms. The first-order valence-electron chi connectivity index (χ1n) is 6.63. The van der Waals surface area contributed by atoms with Gasteiger partial charge in [-0.1, -0.05) is 28.1 Å². The number of rotatable bonds is 4. The first-order valence-corrected chi connectivity index (χ1v) is 7.42. The summed E-state index contributed by atoms with van der Waals surface area (Å²) in [5.74, 6) is 0. The van der Waals surface area contributed by atoms with E-state index in [0.717, 1.165) is 23.9 Å². The molecular formula is C15H22BrNO. The third-order valence-corrected chi connectivity index (χ3v) is 4.05. The van der Waals surface area contributed by atoms with E-state index < -0.39 is 0 Å². The fraction of sp³-hybridized carbons (Fsp3) is 0.600. The Kier molecular flexibility index (Phi) is 4.46. The number of nitrogens with one attached hydrogen (secondary N) is 1. The molecule has 3 heteroatoms. The molecule has 1 N–H and O–H groups in total. The van der Waals surface area contributed by atoms with Gasteiger partial charge in [0.1, 0.15) is 0 Å². The quantitative estimate of drug-likeness (QED) is 0.905. The van der Waals surface area contributed by atoms with E-state index >= 15 is 0 Å². The fourth-order valence-corrected chi connectivity index (χ4v) is 2.84. The monoisotopic (exact) mass is 311 g/mol. The van der Waals surface area contributed by atoms with Crippen LogP contribution in [0.2, 0.25) is 0 Å². The Labute approximate surface area is 118 Å². The topological polar surface area (TPSA) is 21.3 Å². The van der Waals surface area contributed by atoms with Crippen molar-refractivity contribution in [3.05, 3.63) is 34.3 Å². The van der Waals surface area contributed by atoms with Gasteiger partial charge in [0.15, 0.2) is 0 Å². The maximum absolute atomic E-state index is 5.99. The van der Waals surface area contributed by atoms with Crippen molar-refractivity contribution < 1.29 is 4.74 Å². The molecule has 0 radical (unpaired) electrons. The molecule has 2 unspecified atom stereocenters. The SMILES string of the molecule is CC(NCC1CCC(C)(C)O1)c1cccc(Br)c1. The van der Waals surface area contributed by atoms with Crippen LogP contribution in [0.4, 0.5) is 0 Å². The molecule has 0 aromatic heterocycles. The molecule has 2 rings (SSSR count). The van der Waals surface area contributed by atoms with Gasteiger partial charge in [0, 0.05) is 17.1 Å². The van der Waals surface area contributed by atoms with Crippen molar-refractivity contribution in [1.29, 1.82) is 0 Å². The van der Waals surface area contributed by atoms with Crippen LogP contribution in [0.25, 0.3) is 0 Å². The smallest absolute Gasteiger partial charge is 0.0708 e. The van der Waals surface area contributed by atoms with E-state index in [1.54, 1.807) is 0 Å². The molecule has 0 spiro atoms. The Bertz CT molecular complexity index is 405. The summed E-state index contributed by atoms with van der Waals surface area (Å²) in [7, 11) is 0. The van der Waals surface area contributed by atoms with Crippen LogP contribution in [-0.2, 0) is 4.74 Å². The fourth-order valence-electron chi connectivity index (χ4n) is 2.42. The van der Waals surface area contributed by atoms with Gasteiger partial charge in [-0.25, -0.2) is 0 Å². The Morgan fingerprint density at radius 2 is 2.28 bits per heavy atom. The molecule has 2 atom stereocenters. The van der Waals surface area contributed by atoms with Crippen LogP contribution in [0.3, 0.4) is 0 Å². The molecule has 0 amide bonds. The lowest BCUT2D eigenvalue weighted by Crippen LogP contribution is -2.31. The van der Waals surface area contributed by atoms with E-state index in [2.05, 4.69) is 66.3 Å². The van der Waals surface area contributed by atoms with E-state index in [4.69, 9.17) is 4.74 Å². The maximum atomic E-state index is 5.99. The van der Waals surface area contributed by atoms with Crippen molar-refractivity contribution in [3.63, 3.8) is 0 Å². The van der Waals surface area contributed by atoms with Gasteiger partial charge in [-0.15, -0.1) is 0 Å². The lowest BCUT2D eigenvalue weighted by Gasteiger charge is -2.21. The summed E-state index contributed by atoms with van der Waals surface area (Å²) < 4.78 is 7.12. The highest BCUT2D eigenvalue weighted by molar-refractivity contribution is 9.10. The normalized spacial score (nSPS) is 24.1. The Hall–Kier alpha value is -0.380. The maximum Gasteiger partial charge on any atom is 0.0708 e. The van der Waals surface area contributed by atoms with Crippen LogP contribution in [0.15, 0.2) is 28.7 Å². The molecule has 1 aliphatic heterocycles. The molecular weight excluding hydrogens is 290 g/mol. The Morgan fingerprint density at radius 3 is 2.89 bits per heavy atom. The average Bonchev–Trinajstić information content (AvgIpc) is 2.66. The van der Waals surface area contributed by atoms with Crippen LogP contribution in [0.5, 0.6) is 0 Å². The van der Waals surface area contributed by atoms with E-state index in [0.29, 0.717) is 12.1 Å². The zero-order valence-electron chi connectivity index (χ0n) is 11.4. The standard InChI is InChI=1S/C15H22BrNO/c1-11(12-5-4-6-13(16)9-12)17-10-14-7-8-15(2,3)18-14/h4-6,9,11,14,17H,7-8,10H2,1-3H3. The number of ether oxygens (including phenoxy) is 1.